The molecule has 36 heavy (non-hydrogen) atoms. The van der Waals surface area contributed by atoms with Crippen molar-refractivity contribution in [2.24, 2.45) is 5.73 Å². The second kappa shape index (κ2) is 16.6. The van der Waals surface area contributed by atoms with Crippen LogP contribution in [-0.2, 0) is 16.1 Å². The summed E-state index contributed by atoms with van der Waals surface area (Å²) in [5, 5.41) is 10.2. The van der Waals surface area contributed by atoms with Gasteiger partial charge in [0.05, 0.1) is 18.8 Å². The molecule has 0 radical (unpaired) electrons. The van der Waals surface area contributed by atoms with Gasteiger partial charge in [-0.15, -0.1) is 0 Å². The molecule has 202 valence electrons. The van der Waals surface area contributed by atoms with Crippen molar-refractivity contribution < 1.29 is 24.2 Å². The van der Waals surface area contributed by atoms with Gasteiger partial charge >= 0.3 is 0 Å². The molecular formula is C29H46N2O5. The fraction of sp³-hybridized carbons (Fsp3) is 0.517. The van der Waals surface area contributed by atoms with Crippen LogP contribution >= 0.6 is 0 Å². The first kappa shape index (κ1) is 32.9. The van der Waals surface area contributed by atoms with E-state index in [1.165, 1.54) is 0 Å². The molecule has 2 amide bonds. The van der Waals surface area contributed by atoms with Crippen LogP contribution in [0, 0.1) is 6.92 Å². The van der Waals surface area contributed by atoms with E-state index in [0.717, 1.165) is 28.9 Å². The Labute approximate surface area is 217 Å². The van der Waals surface area contributed by atoms with Crippen molar-refractivity contribution in [3.63, 3.8) is 0 Å². The molecule has 0 aliphatic carbocycles. The lowest BCUT2D eigenvalue weighted by atomic mass is 9.96. The second-order valence-electron chi connectivity index (χ2n) is 9.49. The molecule has 0 spiro atoms. The van der Waals surface area contributed by atoms with E-state index < -0.39 is 0 Å². The monoisotopic (exact) mass is 502 g/mol. The van der Waals surface area contributed by atoms with E-state index in [1.54, 1.807) is 18.0 Å². The van der Waals surface area contributed by atoms with Crippen LogP contribution in [-0.4, -0.2) is 48.2 Å². The first-order valence-corrected chi connectivity index (χ1v) is 12.5. The lowest BCUT2D eigenvalue weighted by molar-refractivity contribution is -0.106. The zero-order valence-corrected chi connectivity index (χ0v) is 23.6. The molecule has 3 N–H and O–H groups in total. The van der Waals surface area contributed by atoms with Crippen molar-refractivity contribution in [2.45, 2.75) is 79.9 Å². The summed E-state index contributed by atoms with van der Waals surface area (Å²) < 4.78 is 11.6. The molecule has 0 aromatic heterocycles. The van der Waals surface area contributed by atoms with Gasteiger partial charge in [0.2, 0.25) is 6.41 Å². The van der Waals surface area contributed by atoms with E-state index in [4.69, 9.17) is 14.3 Å². The summed E-state index contributed by atoms with van der Waals surface area (Å²) in [6.07, 6.45) is 1.07. The van der Waals surface area contributed by atoms with E-state index in [1.807, 2.05) is 85.7 Å². The molecule has 7 heteroatoms. The van der Waals surface area contributed by atoms with Crippen LogP contribution in [0.2, 0.25) is 0 Å². The number of phenolic OH excluding ortho intramolecular Hbond substituents is 1. The number of carbonyl (C=O) groups excluding carboxylic acids is 2. The van der Waals surface area contributed by atoms with Gasteiger partial charge in [-0.1, -0.05) is 39.8 Å². The quantitative estimate of drug-likeness (QED) is 0.333. The van der Waals surface area contributed by atoms with Crippen LogP contribution in [0.15, 0.2) is 36.4 Å². The Morgan fingerprint density at radius 3 is 2.31 bits per heavy atom. The molecule has 0 aliphatic heterocycles. The van der Waals surface area contributed by atoms with Crippen molar-refractivity contribution in [3.8, 4) is 11.5 Å². The van der Waals surface area contributed by atoms with Gasteiger partial charge in [0, 0.05) is 25.6 Å². The molecule has 2 aromatic rings. The number of aromatic hydroxyl groups is 1. The third kappa shape index (κ3) is 12.1. The number of rotatable bonds is 9. The summed E-state index contributed by atoms with van der Waals surface area (Å²) in [5.74, 6) is 1.10. The minimum absolute atomic E-state index is 0.0648. The smallest absolute Gasteiger partial charge is 0.254 e. The zero-order valence-electron chi connectivity index (χ0n) is 23.6. The number of primary amides is 1. The molecule has 0 saturated heterocycles. The number of ether oxygens (including phenoxy) is 2. The Morgan fingerprint density at radius 2 is 1.75 bits per heavy atom. The molecule has 7 nitrogen and oxygen atoms in total. The summed E-state index contributed by atoms with van der Waals surface area (Å²) >= 11 is 0. The van der Waals surface area contributed by atoms with Gasteiger partial charge in [-0.25, -0.2) is 0 Å². The Bertz CT molecular complexity index is 936. The normalized spacial score (nSPS) is 10.5. The second-order valence-corrected chi connectivity index (χ2v) is 9.49. The third-order valence-electron chi connectivity index (χ3n) is 4.98. The number of phenols is 1. The number of nitrogens with two attached hydrogens (primary N) is 1. The van der Waals surface area contributed by atoms with Gasteiger partial charge in [0.25, 0.3) is 5.91 Å². The minimum atomic E-state index is -0.136. The number of hydrogen-bond acceptors (Lipinski definition) is 5. The van der Waals surface area contributed by atoms with Crippen LogP contribution < -0.4 is 10.5 Å². The summed E-state index contributed by atoms with van der Waals surface area (Å²) in [6.45, 7) is 17.7. The Kier molecular flexibility index (Phi) is 15.2. The average molecular weight is 503 g/mol. The predicted molar refractivity (Wildman–Crippen MR) is 147 cm³/mol. The van der Waals surface area contributed by atoms with E-state index in [9.17, 15) is 9.90 Å². The fourth-order valence-electron chi connectivity index (χ4n) is 3.31. The van der Waals surface area contributed by atoms with Crippen molar-refractivity contribution in [1.29, 1.82) is 0 Å². The number of nitrogens with zero attached hydrogens (tertiary/aromatic N) is 1. The first-order chi connectivity index (χ1) is 16.9. The van der Waals surface area contributed by atoms with Crippen molar-refractivity contribution in [2.75, 3.05) is 20.3 Å². The maximum atomic E-state index is 13.1. The van der Waals surface area contributed by atoms with Gasteiger partial charge in [-0.05, 0) is 74.6 Å². The van der Waals surface area contributed by atoms with Crippen molar-refractivity contribution in [1.82, 2.24) is 4.90 Å². The van der Waals surface area contributed by atoms with Crippen molar-refractivity contribution >= 4 is 12.3 Å². The Hall–Kier alpha value is -3.06. The highest BCUT2D eigenvalue weighted by Crippen LogP contribution is 2.29. The van der Waals surface area contributed by atoms with Gasteiger partial charge < -0.3 is 25.2 Å². The maximum Gasteiger partial charge on any atom is 0.254 e. The molecule has 0 heterocycles. The predicted octanol–water partition coefficient (Wildman–Crippen LogP) is 5.81. The van der Waals surface area contributed by atoms with Gasteiger partial charge in [0.15, 0.2) is 0 Å². The molecular weight excluding hydrogens is 456 g/mol. The molecule has 0 unspecified atom stereocenters. The average Bonchev–Trinajstić information content (AvgIpc) is 2.79. The third-order valence-corrected chi connectivity index (χ3v) is 4.98. The van der Waals surface area contributed by atoms with Crippen LogP contribution in [0.1, 0.15) is 87.9 Å². The largest absolute Gasteiger partial charge is 0.508 e. The molecule has 2 rings (SSSR count). The van der Waals surface area contributed by atoms with Gasteiger partial charge in [-0.3, -0.25) is 9.59 Å². The van der Waals surface area contributed by atoms with E-state index >= 15 is 0 Å². The highest BCUT2D eigenvalue weighted by atomic mass is 16.5. The molecule has 0 atom stereocenters. The van der Waals surface area contributed by atoms with E-state index in [0.29, 0.717) is 25.3 Å². The highest BCUT2D eigenvalue weighted by Gasteiger charge is 2.18. The Morgan fingerprint density at radius 1 is 1.14 bits per heavy atom. The van der Waals surface area contributed by atoms with Crippen LogP contribution in [0.3, 0.4) is 0 Å². The van der Waals surface area contributed by atoms with E-state index in [2.05, 4.69) is 5.73 Å². The minimum Gasteiger partial charge on any atom is -0.508 e. The zero-order chi connectivity index (χ0) is 27.9. The summed E-state index contributed by atoms with van der Waals surface area (Å²) in [7, 11) is 1.79. The van der Waals surface area contributed by atoms with Crippen LogP contribution in [0.5, 0.6) is 11.5 Å². The lowest BCUT2D eigenvalue weighted by Crippen LogP contribution is -2.27. The number of carbonyl (C=O) groups is 2. The number of hydrogen-bond donors (Lipinski definition) is 2. The summed E-state index contributed by atoms with van der Waals surface area (Å²) in [4.78, 5) is 23.3. The molecule has 0 fully saturated rings. The highest BCUT2D eigenvalue weighted by molar-refractivity contribution is 5.96. The lowest BCUT2D eigenvalue weighted by Gasteiger charge is -2.21. The standard InChI is InChI=1S/C26H37NO4.C2H6.CH3NO/c1-18(2)22-16-23(19(3)14-24(22)28)25(29)27(7)17-20-10-8-11-21(15-20)30-12-9-13-31-26(4,5)6;1-2;2-1-3/h8,10-11,14-16,18,28H,9,12-13,17H2,1-7H3;1-2H3;1H,(H2,2,3). The number of aryl methyl sites for hydroxylation is 1. The SMILES string of the molecule is CC.Cc1cc(O)c(C(C)C)cc1C(=O)N(C)Cc1cccc(OCCCOC(C)(C)C)c1.NC=O. The summed E-state index contributed by atoms with van der Waals surface area (Å²) in [5.41, 5.74) is 7.21. The van der Waals surface area contributed by atoms with Gasteiger partial charge in [0.1, 0.15) is 11.5 Å². The number of benzene rings is 2. The van der Waals surface area contributed by atoms with Crippen LogP contribution in [0.4, 0.5) is 0 Å². The topological polar surface area (TPSA) is 102 Å². The first-order valence-electron chi connectivity index (χ1n) is 12.5. The molecule has 2 aromatic carbocycles. The fourth-order valence-corrected chi connectivity index (χ4v) is 3.31. The van der Waals surface area contributed by atoms with Gasteiger partial charge in [-0.2, -0.15) is 0 Å². The molecule has 0 saturated carbocycles. The van der Waals surface area contributed by atoms with Crippen LogP contribution in [0.25, 0.3) is 0 Å². The summed E-state index contributed by atoms with van der Waals surface area (Å²) in [6, 6.07) is 11.3. The maximum absolute atomic E-state index is 13.1. The van der Waals surface area contributed by atoms with E-state index in [-0.39, 0.29) is 29.6 Å². The van der Waals surface area contributed by atoms with Crippen molar-refractivity contribution in [3.05, 3.63) is 58.7 Å². The molecule has 0 aliphatic rings. The number of amides is 2. The Balaban J connectivity index is 0.00000227. The molecule has 0 bridgehead atoms.